The van der Waals surface area contributed by atoms with Crippen molar-refractivity contribution in [3.05, 3.63) is 99.0 Å². The van der Waals surface area contributed by atoms with Gasteiger partial charge in [0.15, 0.2) is 0 Å². The normalized spacial score (nSPS) is 11.1. The number of hydrogen-bond donors (Lipinski definition) is 1. The van der Waals surface area contributed by atoms with E-state index >= 15 is 0 Å². The maximum atomic E-state index is 12.6. The van der Waals surface area contributed by atoms with Gasteiger partial charge in [0, 0.05) is 15.1 Å². The fraction of sp³-hybridized carbons (Fsp3) is 0.0476. The number of hydrogen-bond acceptors (Lipinski definition) is 4. The third kappa shape index (κ3) is 5.58. The van der Waals surface area contributed by atoms with Gasteiger partial charge in [0.25, 0.3) is 5.91 Å². The van der Waals surface area contributed by atoms with Gasteiger partial charge in [0.05, 0.1) is 6.26 Å². The molecule has 1 amide bonds. The first kappa shape index (κ1) is 19.9. The van der Waals surface area contributed by atoms with Gasteiger partial charge in [-0.15, -0.1) is 0 Å². The second-order valence-corrected chi connectivity index (χ2v) is 7.08. The third-order valence-electron chi connectivity index (χ3n) is 3.66. The van der Waals surface area contributed by atoms with Crippen LogP contribution in [0.15, 0.2) is 81.5 Å². The molecule has 7 heteroatoms. The molecule has 1 heterocycles. The summed E-state index contributed by atoms with van der Waals surface area (Å²) in [5, 5.41) is 3.18. The van der Waals surface area contributed by atoms with Crippen molar-refractivity contribution in [2.24, 2.45) is 0 Å². The van der Waals surface area contributed by atoms with Gasteiger partial charge < -0.3 is 14.5 Å². The van der Waals surface area contributed by atoms with Gasteiger partial charge >= 0.3 is 5.97 Å². The molecular formula is C21H15BrClNO4. The van der Waals surface area contributed by atoms with E-state index in [9.17, 15) is 9.59 Å². The van der Waals surface area contributed by atoms with Crippen molar-refractivity contribution in [3.8, 4) is 0 Å². The van der Waals surface area contributed by atoms with Crippen LogP contribution in [0.4, 0.5) is 0 Å². The number of amides is 1. The van der Waals surface area contributed by atoms with E-state index in [1.54, 1.807) is 60.7 Å². The zero-order chi connectivity index (χ0) is 19.9. The molecule has 0 bridgehead atoms. The number of halogens is 2. The topological polar surface area (TPSA) is 68.5 Å². The molecule has 0 radical (unpaired) electrons. The molecule has 0 aliphatic heterocycles. The number of esters is 1. The van der Waals surface area contributed by atoms with E-state index in [-0.39, 0.29) is 12.3 Å². The highest BCUT2D eigenvalue weighted by Crippen LogP contribution is 2.15. The lowest BCUT2D eigenvalue weighted by atomic mass is 10.1. The van der Waals surface area contributed by atoms with Crippen molar-refractivity contribution >= 4 is 45.5 Å². The van der Waals surface area contributed by atoms with Crippen molar-refractivity contribution in [3.63, 3.8) is 0 Å². The van der Waals surface area contributed by atoms with Crippen LogP contribution in [0.3, 0.4) is 0 Å². The Morgan fingerprint density at radius 2 is 1.89 bits per heavy atom. The second-order valence-electron chi connectivity index (χ2n) is 5.73. The van der Waals surface area contributed by atoms with Crippen LogP contribution in [0.2, 0.25) is 5.02 Å². The van der Waals surface area contributed by atoms with Crippen LogP contribution in [0.25, 0.3) is 6.08 Å². The van der Waals surface area contributed by atoms with E-state index in [4.69, 9.17) is 20.8 Å². The predicted octanol–water partition coefficient (Wildman–Crippen LogP) is 5.21. The Morgan fingerprint density at radius 3 is 2.57 bits per heavy atom. The van der Waals surface area contributed by atoms with Gasteiger partial charge in [-0.3, -0.25) is 4.79 Å². The first-order valence-electron chi connectivity index (χ1n) is 8.25. The Balaban J connectivity index is 1.81. The fourth-order valence-electron chi connectivity index (χ4n) is 2.31. The van der Waals surface area contributed by atoms with E-state index in [2.05, 4.69) is 21.2 Å². The van der Waals surface area contributed by atoms with Gasteiger partial charge in [-0.25, -0.2) is 4.79 Å². The Kier molecular flexibility index (Phi) is 6.68. The van der Waals surface area contributed by atoms with Crippen LogP contribution in [-0.4, -0.2) is 11.9 Å². The monoisotopic (exact) mass is 459 g/mol. The first-order valence-corrected chi connectivity index (χ1v) is 9.42. The second kappa shape index (κ2) is 9.39. The summed E-state index contributed by atoms with van der Waals surface area (Å²) in [5.41, 5.74) is 1.08. The summed E-state index contributed by atoms with van der Waals surface area (Å²) in [7, 11) is 0. The van der Waals surface area contributed by atoms with Gasteiger partial charge in [-0.2, -0.15) is 0 Å². The van der Waals surface area contributed by atoms with Gasteiger partial charge in [-0.05, 0) is 54.1 Å². The Labute approximate surface area is 175 Å². The quantitative estimate of drug-likeness (QED) is 0.405. The molecule has 0 saturated heterocycles. The molecule has 5 nitrogen and oxygen atoms in total. The van der Waals surface area contributed by atoms with Gasteiger partial charge in [0.1, 0.15) is 18.1 Å². The minimum atomic E-state index is -0.685. The molecule has 0 atom stereocenters. The van der Waals surface area contributed by atoms with E-state index in [1.165, 1.54) is 12.3 Å². The standard InChI is InChI=1S/C21H15BrClNO4/c22-16-4-1-3-15(12-16)20(25)24-19(11-14-6-8-17(23)9-7-14)21(26)28-13-18-5-2-10-27-18/h1-12H,13H2,(H,24,25)/b19-11+. The van der Waals surface area contributed by atoms with Crippen LogP contribution in [0.5, 0.6) is 0 Å². The molecule has 0 unspecified atom stereocenters. The lowest BCUT2D eigenvalue weighted by Crippen LogP contribution is -2.28. The van der Waals surface area contributed by atoms with Crippen LogP contribution in [-0.2, 0) is 16.1 Å². The molecule has 1 aromatic heterocycles. The molecule has 0 fully saturated rings. The molecule has 0 spiro atoms. The lowest BCUT2D eigenvalue weighted by Gasteiger charge is -2.10. The SMILES string of the molecule is O=C(OCc1ccco1)/C(=C\c1ccc(Cl)cc1)NC(=O)c1cccc(Br)c1. The van der Waals surface area contributed by atoms with Crippen molar-refractivity contribution in [1.29, 1.82) is 0 Å². The predicted molar refractivity (Wildman–Crippen MR) is 110 cm³/mol. The molecule has 0 saturated carbocycles. The molecular weight excluding hydrogens is 446 g/mol. The highest BCUT2D eigenvalue weighted by Gasteiger charge is 2.17. The van der Waals surface area contributed by atoms with E-state index in [0.29, 0.717) is 21.9 Å². The average molecular weight is 461 g/mol. The summed E-state index contributed by atoms with van der Waals surface area (Å²) < 4.78 is 11.2. The first-order chi connectivity index (χ1) is 13.5. The van der Waals surface area contributed by atoms with Crippen molar-refractivity contribution in [1.82, 2.24) is 5.32 Å². The summed E-state index contributed by atoms with van der Waals surface area (Å²) in [4.78, 5) is 25.1. The molecule has 0 aliphatic rings. The average Bonchev–Trinajstić information content (AvgIpc) is 3.21. The van der Waals surface area contributed by atoms with Crippen molar-refractivity contribution in [2.45, 2.75) is 6.61 Å². The van der Waals surface area contributed by atoms with Gasteiger partial charge in [-0.1, -0.05) is 45.7 Å². The Morgan fingerprint density at radius 1 is 1.11 bits per heavy atom. The van der Waals surface area contributed by atoms with Crippen LogP contribution in [0, 0.1) is 0 Å². The molecule has 3 aromatic rings. The summed E-state index contributed by atoms with van der Waals surface area (Å²) >= 11 is 9.22. The lowest BCUT2D eigenvalue weighted by molar-refractivity contribution is -0.141. The zero-order valence-corrected chi connectivity index (χ0v) is 16.9. The number of nitrogens with one attached hydrogen (secondary N) is 1. The Hall–Kier alpha value is -2.83. The largest absolute Gasteiger partial charge is 0.466 e. The summed E-state index contributed by atoms with van der Waals surface area (Å²) in [6.07, 6.45) is 3.01. The van der Waals surface area contributed by atoms with Gasteiger partial charge in [0.2, 0.25) is 0 Å². The number of furan rings is 1. The summed E-state index contributed by atoms with van der Waals surface area (Å²) in [6.45, 7) is -0.0451. The number of carbonyl (C=O) groups is 2. The number of benzene rings is 2. The molecule has 3 rings (SSSR count). The van der Waals surface area contributed by atoms with E-state index in [1.807, 2.05) is 0 Å². The minimum absolute atomic E-state index is 0.00106. The number of carbonyl (C=O) groups excluding carboxylic acids is 2. The Bertz CT molecular complexity index is 998. The van der Waals surface area contributed by atoms with E-state index < -0.39 is 11.9 Å². The molecule has 0 aliphatic carbocycles. The maximum absolute atomic E-state index is 12.6. The summed E-state index contributed by atoms with van der Waals surface area (Å²) in [6, 6.07) is 17.1. The minimum Gasteiger partial charge on any atom is -0.466 e. The molecule has 28 heavy (non-hydrogen) atoms. The highest BCUT2D eigenvalue weighted by molar-refractivity contribution is 9.10. The third-order valence-corrected chi connectivity index (χ3v) is 4.41. The van der Waals surface area contributed by atoms with Crippen LogP contribution in [0.1, 0.15) is 21.7 Å². The summed E-state index contributed by atoms with van der Waals surface area (Å²) in [5.74, 6) is -0.622. The molecule has 142 valence electrons. The molecule has 1 N–H and O–H groups in total. The highest BCUT2D eigenvalue weighted by atomic mass is 79.9. The van der Waals surface area contributed by atoms with Crippen molar-refractivity contribution < 1.29 is 18.7 Å². The number of rotatable bonds is 6. The van der Waals surface area contributed by atoms with Crippen LogP contribution >= 0.6 is 27.5 Å². The maximum Gasteiger partial charge on any atom is 0.355 e. The van der Waals surface area contributed by atoms with E-state index in [0.717, 1.165) is 4.47 Å². The number of ether oxygens (including phenoxy) is 1. The molecule has 2 aromatic carbocycles. The fourth-order valence-corrected chi connectivity index (χ4v) is 2.83. The zero-order valence-electron chi connectivity index (χ0n) is 14.5. The smallest absolute Gasteiger partial charge is 0.355 e. The van der Waals surface area contributed by atoms with Crippen molar-refractivity contribution in [2.75, 3.05) is 0 Å². The van der Waals surface area contributed by atoms with Crippen LogP contribution < -0.4 is 5.32 Å².